The first-order valence-electron chi connectivity index (χ1n) is 6.92. The zero-order valence-corrected chi connectivity index (χ0v) is 12.4. The van der Waals surface area contributed by atoms with Gasteiger partial charge in [0, 0.05) is 0 Å². The van der Waals surface area contributed by atoms with E-state index >= 15 is 0 Å². The van der Waals surface area contributed by atoms with Crippen molar-refractivity contribution < 1.29 is 19.1 Å². The first-order chi connectivity index (χ1) is 10.1. The van der Waals surface area contributed by atoms with Gasteiger partial charge in [0.25, 0.3) is 0 Å². The topological polar surface area (TPSA) is 78.6 Å². The Morgan fingerprint density at radius 2 is 1.67 bits per heavy atom. The highest BCUT2D eigenvalue weighted by atomic mass is 16.5. The highest BCUT2D eigenvalue weighted by molar-refractivity contribution is 5.89. The SMILES string of the molecule is CCOC(=O)CC(Cc1ccccc1)=C(N)C(=O)OCC. The van der Waals surface area contributed by atoms with Crippen molar-refractivity contribution >= 4 is 11.9 Å². The van der Waals surface area contributed by atoms with Gasteiger partial charge in [0.2, 0.25) is 0 Å². The average molecular weight is 291 g/mol. The second-order valence-corrected chi connectivity index (χ2v) is 4.38. The summed E-state index contributed by atoms with van der Waals surface area (Å²) in [4.78, 5) is 23.4. The molecule has 0 saturated carbocycles. The van der Waals surface area contributed by atoms with Gasteiger partial charge < -0.3 is 15.2 Å². The Morgan fingerprint density at radius 1 is 1.05 bits per heavy atom. The van der Waals surface area contributed by atoms with Crippen molar-refractivity contribution in [1.29, 1.82) is 0 Å². The predicted octanol–water partition coefficient (Wildman–Crippen LogP) is 1.96. The van der Waals surface area contributed by atoms with E-state index in [1.807, 2.05) is 30.3 Å². The van der Waals surface area contributed by atoms with Gasteiger partial charge in [-0.3, -0.25) is 4.79 Å². The molecule has 0 aliphatic rings. The third-order valence-corrected chi connectivity index (χ3v) is 2.80. The summed E-state index contributed by atoms with van der Waals surface area (Å²) in [7, 11) is 0. The lowest BCUT2D eigenvalue weighted by Gasteiger charge is -2.11. The summed E-state index contributed by atoms with van der Waals surface area (Å²) in [5.41, 5.74) is 7.29. The van der Waals surface area contributed by atoms with Crippen molar-refractivity contribution in [3.05, 3.63) is 47.2 Å². The smallest absolute Gasteiger partial charge is 0.354 e. The summed E-state index contributed by atoms with van der Waals surface area (Å²) in [6, 6.07) is 9.48. The van der Waals surface area contributed by atoms with E-state index in [1.54, 1.807) is 13.8 Å². The van der Waals surface area contributed by atoms with Crippen LogP contribution in [0.15, 0.2) is 41.6 Å². The summed E-state index contributed by atoms with van der Waals surface area (Å²) in [5.74, 6) is -1.01. The molecule has 5 nitrogen and oxygen atoms in total. The normalized spacial score (nSPS) is 11.5. The van der Waals surface area contributed by atoms with Crippen LogP contribution < -0.4 is 5.73 Å². The Labute approximate surface area is 124 Å². The Hall–Kier alpha value is -2.30. The second kappa shape index (κ2) is 8.79. The fourth-order valence-corrected chi connectivity index (χ4v) is 1.83. The Bertz CT molecular complexity index is 508. The molecule has 0 unspecified atom stereocenters. The zero-order chi connectivity index (χ0) is 15.7. The van der Waals surface area contributed by atoms with Crippen LogP contribution in [0.4, 0.5) is 0 Å². The van der Waals surface area contributed by atoms with Crippen LogP contribution in [0, 0.1) is 0 Å². The van der Waals surface area contributed by atoms with Crippen LogP contribution in [-0.2, 0) is 25.5 Å². The summed E-state index contributed by atoms with van der Waals surface area (Å²) in [6.45, 7) is 3.95. The Kier molecular flexibility index (Phi) is 7.01. The third kappa shape index (κ3) is 5.69. The van der Waals surface area contributed by atoms with Gasteiger partial charge in [0.1, 0.15) is 5.70 Å². The van der Waals surface area contributed by atoms with E-state index in [-0.39, 0.29) is 25.3 Å². The number of carbonyl (C=O) groups excluding carboxylic acids is 2. The minimum absolute atomic E-state index is 0.0197. The lowest BCUT2D eigenvalue weighted by molar-refractivity contribution is -0.142. The van der Waals surface area contributed by atoms with Crippen LogP contribution in [0.5, 0.6) is 0 Å². The molecule has 0 bridgehead atoms. The fraction of sp³-hybridized carbons (Fsp3) is 0.375. The number of ether oxygens (including phenoxy) is 2. The first kappa shape index (κ1) is 16.8. The molecule has 0 spiro atoms. The van der Waals surface area contributed by atoms with Crippen LogP contribution in [0.2, 0.25) is 0 Å². The lowest BCUT2D eigenvalue weighted by atomic mass is 10.0. The number of hydrogen-bond acceptors (Lipinski definition) is 5. The molecular formula is C16H21NO4. The molecule has 114 valence electrons. The molecule has 0 atom stereocenters. The first-order valence-corrected chi connectivity index (χ1v) is 6.92. The van der Waals surface area contributed by atoms with Crippen molar-refractivity contribution in [1.82, 2.24) is 0 Å². The van der Waals surface area contributed by atoms with E-state index in [9.17, 15) is 9.59 Å². The highest BCUT2D eigenvalue weighted by Crippen LogP contribution is 2.15. The van der Waals surface area contributed by atoms with Crippen LogP contribution >= 0.6 is 0 Å². The van der Waals surface area contributed by atoms with E-state index in [1.165, 1.54) is 0 Å². The van der Waals surface area contributed by atoms with Gasteiger partial charge in [-0.2, -0.15) is 0 Å². The number of rotatable bonds is 7. The van der Waals surface area contributed by atoms with E-state index in [2.05, 4.69) is 0 Å². The van der Waals surface area contributed by atoms with Crippen molar-refractivity contribution in [2.24, 2.45) is 5.73 Å². The molecule has 0 saturated heterocycles. The van der Waals surface area contributed by atoms with Gasteiger partial charge in [-0.1, -0.05) is 30.3 Å². The molecule has 1 rings (SSSR count). The maximum absolute atomic E-state index is 11.8. The van der Waals surface area contributed by atoms with Crippen molar-refractivity contribution in [3.63, 3.8) is 0 Å². The highest BCUT2D eigenvalue weighted by Gasteiger charge is 2.17. The average Bonchev–Trinajstić information content (AvgIpc) is 2.47. The van der Waals surface area contributed by atoms with Gasteiger partial charge in [-0.05, 0) is 31.4 Å². The van der Waals surface area contributed by atoms with Crippen LogP contribution in [0.1, 0.15) is 25.8 Å². The summed E-state index contributed by atoms with van der Waals surface area (Å²) < 4.78 is 9.81. The lowest BCUT2D eigenvalue weighted by Crippen LogP contribution is -2.20. The van der Waals surface area contributed by atoms with Gasteiger partial charge in [0.05, 0.1) is 19.6 Å². The minimum Gasteiger partial charge on any atom is -0.466 e. The number of benzene rings is 1. The van der Waals surface area contributed by atoms with E-state index in [4.69, 9.17) is 15.2 Å². The van der Waals surface area contributed by atoms with Gasteiger partial charge in [-0.15, -0.1) is 0 Å². The molecule has 5 heteroatoms. The summed E-state index contributed by atoms with van der Waals surface area (Å²) >= 11 is 0. The molecule has 0 aliphatic carbocycles. The Morgan fingerprint density at radius 3 is 2.24 bits per heavy atom. The number of hydrogen-bond donors (Lipinski definition) is 1. The van der Waals surface area contributed by atoms with Crippen molar-refractivity contribution in [2.75, 3.05) is 13.2 Å². The van der Waals surface area contributed by atoms with Crippen LogP contribution in [0.3, 0.4) is 0 Å². The molecule has 0 amide bonds. The molecule has 0 fully saturated rings. The number of carbonyl (C=O) groups is 2. The van der Waals surface area contributed by atoms with Gasteiger partial charge >= 0.3 is 11.9 Å². The third-order valence-electron chi connectivity index (χ3n) is 2.80. The molecule has 0 radical (unpaired) electrons. The molecule has 21 heavy (non-hydrogen) atoms. The molecule has 2 N–H and O–H groups in total. The maximum atomic E-state index is 11.8. The number of nitrogens with two attached hydrogens (primary N) is 1. The van der Waals surface area contributed by atoms with Crippen LogP contribution in [0.25, 0.3) is 0 Å². The summed E-state index contributed by atoms with van der Waals surface area (Å²) in [6.07, 6.45) is 0.387. The monoisotopic (exact) mass is 291 g/mol. The quantitative estimate of drug-likeness (QED) is 0.613. The maximum Gasteiger partial charge on any atom is 0.354 e. The van der Waals surface area contributed by atoms with E-state index in [0.29, 0.717) is 12.0 Å². The predicted molar refractivity (Wildman–Crippen MR) is 79.2 cm³/mol. The van der Waals surface area contributed by atoms with Crippen molar-refractivity contribution in [3.8, 4) is 0 Å². The minimum atomic E-state index is -0.604. The van der Waals surface area contributed by atoms with Crippen molar-refractivity contribution in [2.45, 2.75) is 26.7 Å². The molecule has 0 aliphatic heterocycles. The standard InChI is InChI=1S/C16H21NO4/c1-3-20-14(18)11-13(15(17)16(19)21-4-2)10-12-8-6-5-7-9-12/h5-9H,3-4,10-11,17H2,1-2H3. The molecule has 1 aromatic rings. The van der Waals surface area contributed by atoms with Crippen LogP contribution in [-0.4, -0.2) is 25.2 Å². The van der Waals surface area contributed by atoms with Gasteiger partial charge in [-0.25, -0.2) is 4.79 Å². The van der Waals surface area contributed by atoms with E-state index in [0.717, 1.165) is 5.56 Å². The zero-order valence-electron chi connectivity index (χ0n) is 12.4. The van der Waals surface area contributed by atoms with Gasteiger partial charge in [0.15, 0.2) is 0 Å². The Balaban J connectivity index is 2.96. The number of esters is 2. The second-order valence-electron chi connectivity index (χ2n) is 4.38. The molecule has 1 aromatic carbocycles. The summed E-state index contributed by atoms with van der Waals surface area (Å²) in [5, 5.41) is 0. The van der Waals surface area contributed by atoms with E-state index < -0.39 is 11.9 Å². The molecule has 0 heterocycles. The largest absolute Gasteiger partial charge is 0.466 e. The fourth-order valence-electron chi connectivity index (χ4n) is 1.83. The molecular weight excluding hydrogens is 270 g/mol. The molecule has 0 aromatic heterocycles.